The molecule has 0 unspecified atom stereocenters. The Bertz CT molecular complexity index is 1600. The fraction of sp³-hybridized carbons (Fsp3) is 0.472. The number of carbonyl (C=O) groups is 3. The molecule has 49 heavy (non-hydrogen) atoms. The molecular weight excluding hydrogens is 644 g/mol. The molecular formula is C36H47ClN8O4. The van der Waals surface area contributed by atoms with Crippen molar-refractivity contribution in [3.05, 3.63) is 65.3 Å². The molecule has 5 rings (SSSR count). The van der Waals surface area contributed by atoms with Crippen molar-refractivity contribution >= 4 is 52.5 Å². The van der Waals surface area contributed by atoms with Gasteiger partial charge < -0.3 is 35.4 Å². The van der Waals surface area contributed by atoms with E-state index in [1.165, 1.54) is 0 Å². The number of carbonyl (C=O) groups excluding carboxylic acids is 3. The molecule has 2 aliphatic heterocycles. The third-order valence-corrected chi connectivity index (χ3v) is 9.17. The molecule has 13 heteroatoms. The molecule has 3 aromatic rings. The summed E-state index contributed by atoms with van der Waals surface area (Å²) in [6, 6.07) is 15.8. The van der Waals surface area contributed by atoms with Crippen LogP contribution < -0.4 is 30.5 Å². The smallest absolute Gasteiger partial charge is 0.229 e. The zero-order valence-corrected chi connectivity index (χ0v) is 29.5. The highest BCUT2D eigenvalue weighted by Crippen LogP contribution is 2.35. The maximum absolute atomic E-state index is 13.1. The van der Waals surface area contributed by atoms with Crippen LogP contribution in [0, 0.1) is 11.8 Å². The van der Waals surface area contributed by atoms with E-state index in [4.69, 9.17) is 21.3 Å². The van der Waals surface area contributed by atoms with Crippen LogP contribution in [0.1, 0.15) is 45.6 Å². The number of rotatable bonds is 12. The van der Waals surface area contributed by atoms with Crippen molar-refractivity contribution in [2.24, 2.45) is 11.8 Å². The first-order chi connectivity index (χ1) is 23.6. The normalized spacial score (nSPS) is 17.9. The predicted molar refractivity (Wildman–Crippen MR) is 192 cm³/mol. The molecule has 0 bridgehead atoms. The molecule has 2 fully saturated rings. The number of aromatic nitrogens is 2. The van der Waals surface area contributed by atoms with Crippen molar-refractivity contribution in [1.29, 1.82) is 0 Å². The number of piperazine rings is 1. The molecule has 0 spiro atoms. The predicted octanol–water partition coefficient (Wildman–Crippen LogP) is 4.61. The zero-order chi connectivity index (χ0) is 34.9. The second-order valence-corrected chi connectivity index (χ2v) is 13.5. The zero-order valence-electron chi connectivity index (χ0n) is 28.7. The number of halogens is 1. The van der Waals surface area contributed by atoms with Crippen molar-refractivity contribution in [2.75, 3.05) is 61.5 Å². The molecule has 12 nitrogen and oxygen atoms in total. The van der Waals surface area contributed by atoms with Crippen LogP contribution in [0.3, 0.4) is 0 Å². The SMILES string of the molecule is COc1cc(N2CCN(C(C)=O)CC2)ccc1Nc1ncc(Cl)c(N2C[C@H](CC(=O)NCc3ccccc3)C[C@H](CC(=O)NC(C)C)C2)n1. The van der Waals surface area contributed by atoms with E-state index >= 15 is 0 Å². The summed E-state index contributed by atoms with van der Waals surface area (Å²) in [5.41, 5.74) is 2.73. The third kappa shape index (κ3) is 9.97. The number of methoxy groups -OCH3 is 1. The monoisotopic (exact) mass is 690 g/mol. The van der Waals surface area contributed by atoms with Crippen LogP contribution in [0.5, 0.6) is 5.75 Å². The molecule has 3 amide bonds. The average Bonchev–Trinajstić information content (AvgIpc) is 3.08. The number of ether oxygens (including phenoxy) is 1. The largest absolute Gasteiger partial charge is 0.494 e. The minimum absolute atomic E-state index is 0.00577. The van der Waals surface area contributed by atoms with Crippen LogP contribution in [0.25, 0.3) is 0 Å². The highest BCUT2D eigenvalue weighted by Gasteiger charge is 2.32. The van der Waals surface area contributed by atoms with Gasteiger partial charge in [-0.25, -0.2) is 4.98 Å². The minimum Gasteiger partial charge on any atom is -0.494 e. The Morgan fingerprint density at radius 1 is 0.959 bits per heavy atom. The molecule has 262 valence electrons. The Kier molecular flexibility index (Phi) is 12.2. The summed E-state index contributed by atoms with van der Waals surface area (Å²) < 4.78 is 5.73. The number of hydrogen-bond acceptors (Lipinski definition) is 9. The number of benzene rings is 2. The van der Waals surface area contributed by atoms with E-state index in [1.54, 1.807) is 20.2 Å². The summed E-state index contributed by atoms with van der Waals surface area (Å²) in [5, 5.41) is 9.72. The van der Waals surface area contributed by atoms with Crippen molar-refractivity contribution in [1.82, 2.24) is 25.5 Å². The molecule has 2 saturated heterocycles. The van der Waals surface area contributed by atoms with Crippen molar-refractivity contribution in [3.8, 4) is 5.75 Å². The van der Waals surface area contributed by atoms with Gasteiger partial charge in [0.15, 0.2) is 5.82 Å². The van der Waals surface area contributed by atoms with E-state index in [2.05, 4.69) is 30.7 Å². The third-order valence-electron chi connectivity index (χ3n) is 8.90. The van der Waals surface area contributed by atoms with Gasteiger partial charge in [0.1, 0.15) is 10.8 Å². The summed E-state index contributed by atoms with van der Waals surface area (Å²) in [5.74, 6) is 1.56. The van der Waals surface area contributed by atoms with Crippen molar-refractivity contribution in [2.45, 2.75) is 52.6 Å². The van der Waals surface area contributed by atoms with Gasteiger partial charge >= 0.3 is 0 Å². The maximum Gasteiger partial charge on any atom is 0.229 e. The molecule has 1 aromatic heterocycles. The standard InChI is InChI=1S/C36H47ClN8O4/c1-24(2)40-34(48)18-28-16-27(17-33(47)38-20-26-8-6-5-7-9-26)22-45(23-28)35-30(37)21-39-36(42-35)41-31-11-10-29(19-32(31)49-4)44-14-12-43(13-15-44)25(3)46/h5-11,19,21,24,27-28H,12-18,20,22-23H2,1-4H3,(H,38,47)(H,40,48)(H,39,41,42)/t27-,28+/m0/s1. The number of hydrogen-bond donors (Lipinski definition) is 3. The van der Waals surface area contributed by atoms with Crippen LogP contribution in [0.2, 0.25) is 5.02 Å². The minimum atomic E-state index is -0.0338. The Morgan fingerprint density at radius 2 is 1.65 bits per heavy atom. The van der Waals surface area contributed by atoms with Crippen molar-refractivity contribution < 1.29 is 19.1 Å². The molecule has 3 N–H and O–H groups in total. The second kappa shape index (κ2) is 16.7. The van der Waals surface area contributed by atoms with Crippen LogP contribution >= 0.6 is 11.6 Å². The van der Waals surface area contributed by atoms with E-state index < -0.39 is 0 Å². The van der Waals surface area contributed by atoms with E-state index in [9.17, 15) is 14.4 Å². The van der Waals surface area contributed by atoms with Gasteiger partial charge in [0.05, 0.1) is 19.0 Å². The Labute approximate surface area is 293 Å². The fourth-order valence-electron chi connectivity index (χ4n) is 6.58. The summed E-state index contributed by atoms with van der Waals surface area (Å²) >= 11 is 6.71. The van der Waals surface area contributed by atoms with Gasteiger partial charge in [-0.05, 0) is 49.8 Å². The average molecular weight is 691 g/mol. The molecule has 2 aliphatic rings. The number of nitrogens with zero attached hydrogens (tertiary/aromatic N) is 5. The first-order valence-corrected chi connectivity index (χ1v) is 17.3. The lowest BCUT2D eigenvalue weighted by molar-refractivity contribution is -0.129. The number of anilines is 4. The maximum atomic E-state index is 13.1. The van der Waals surface area contributed by atoms with Crippen LogP contribution in [-0.2, 0) is 20.9 Å². The van der Waals surface area contributed by atoms with Gasteiger partial charge in [-0.1, -0.05) is 41.9 Å². The van der Waals surface area contributed by atoms with E-state index in [0.717, 1.165) is 30.8 Å². The van der Waals surface area contributed by atoms with E-state index in [1.807, 2.05) is 67.3 Å². The summed E-state index contributed by atoms with van der Waals surface area (Å²) in [7, 11) is 1.62. The Hall–Kier alpha value is -4.58. The molecule has 0 radical (unpaired) electrons. The Balaban J connectivity index is 1.30. The van der Waals surface area contributed by atoms with Crippen LogP contribution in [0.15, 0.2) is 54.7 Å². The summed E-state index contributed by atoms with van der Waals surface area (Å²) in [6.45, 7) is 9.92. The van der Waals surface area contributed by atoms with Crippen molar-refractivity contribution in [3.63, 3.8) is 0 Å². The van der Waals surface area contributed by atoms with Gasteiger partial charge in [-0.3, -0.25) is 14.4 Å². The first kappa shape index (κ1) is 35.7. The second-order valence-electron chi connectivity index (χ2n) is 13.1. The lowest BCUT2D eigenvalue weighted by Gasteiger charge is -2.38. The molecule has 0 aliphatic carbocycles. The Morgan fingerprint density at radius 3 is 2.31 bits per heavy atom. The molecule has 0 saturated carbocycles. The van der Waals surface area contributed by atoms with Crippen LogP contribution in [0.4, 0.5) is 23.1 Å². The highest BCUT2D eigenvalue weighted by atomic mass is 35.5. The van der Waals surface area contributed by atoms with Gasteiger partial charge in [0.2, 0.25) is 23.7 Å². The number of piperidine rings is 1. The fourth-order valence-corrected chi connectivity index (χ4v) is 6.79. The number of nitrogens with one attached hydrogen (secondary N) is 3. The van der Waals surface area contributed by atoms with Gasteiger partial charge in [-0.2, -0.15) is 4.98 Å². The molecule has 2 aromatic carbocycles. The van der Waals surface area contributed by atoms with E-state index in [-0.39, 0.29) is 35.6 Å². The van der Waals surface area contributed by atoms with Gasteiger partial charge in [-0.15, -0.1) is 0 Å². The van der Waals surface area contributed by atoms with Gasteiger partial charge in [0, 0.05) is 83.4 Å². The number of amides is 3. The highest BCUT2D eigenvalue weighted by molar-refractivity contribution is 6.32. The first-order valence-electron chi connectivity index (χ1n) is 16.9. The van der Waals surface area contributed by atoms with Gasteiger partial charge in [0.25, 0.3) is 0 Å². The lowest BCUT2D eigenvalue weighted by atomic mass is 9.84. The summed E-state index contributed by atoms with van der Waals surface area (Å²) in [4.78, 5) is 53.0. The molecule has 2 atom stereocenters. The summed E-state index contributed by atoms with van der Waals surface area (Å²) in [6.07, 6.45) is 2.98. The van der Waals surface area contributed by atoms with Crippen LogP contribution in [-0.4, -0.2) is 85.0 Å². The topological polar surface area (TPSA) is 132 Å². The van der Waals surface area contributed by atoms with E-state index in [0.29, 0.717) is 73.8 Å². The quantitative estimate of drug-likeness (QED) is 0.249. The lowest BCUT2D eigenvalue weighted by Crippen LogP contribution is -2.48. The molecule has 3 heterocycles.